The Morgan fingerprint density at radius 2 is 1.70 bits per heavy atom. The van der Waals surface area contributed by atoms with Gasteiger partial charge in [-0.25, -0.2) is 0 Å². The number of amides is 1. The highest BCUT2D eigenvalue weighted by atomic mass is 16.5. The van der Waals surface area contributed by atoms with Gasteiger partial charge in [0.15, 0.2) is 0 Å². The summed E-state index contributed by atoms with van der Waals surface area (Å²) in [6, 6.07) is 19.7. The zero-order valence-corrected chi connectivity index (χ0v) is 15.3. The van der Waals surface area contributed by atoms with Crippen LogP contribution in [0.4, 0.5) is 5.69 Å². The Kier molecular flexibility index (Phi) is 4.80. The van der Waals surface area contributed by atoms with Gasteiger partial charge in [-0.3, -0.25) is 9.59 Å². The number of methoxy groups -OCH3 is 1. The van der Waals surface area contributed by atoms with Gasteiger partial charge in [-0.1, -0.05) is 60.7 Å². The smallest absolute Gasteiger partial charge is 0.309 e. The Morgan fingerprint density at radius 3 is 2.37 bits per heavy atom. The van der Waals surface area contributed by atoms with Crippen molar-refractivity contribution in [2.75, 3.05) is 12.0 Å². The summed E-state index contributed by atoms with van der Waals surface area (Å²) >= 11 is 0. The van der Waals surface area contributed by atoms with Crippen LogP contribution in [0.15, 0.2) is 72.8 Å². The second kappa shape index (κ2) is 7.39. The van der Waals surface area contributed by atoms with Crippen molar-refractivity contribution in [3.8, 4) is 0 Å². The fourth-order valence-corrected chi connectivity index (χ4v) is 4.42. The normalized spacial score (nSPS) is 27.1. The molecule has 2 aromatic carbocycles. The van der Waals surface area contributed by atoms with Crippen LogP contribution in [0.5, 0.6) is 0 Å². The molecule has 4 heteroatoms. The van der Waals surface area contributed by atoms with Crippen molar-refractivity contribution in [3.63, 3.8) is 0 Å². The number of allylic oxidation sites excluding steroid dienone is 2. The number of carbonyl (C=O) groups is 2. The zero-order valence-electron chi connectivity index (χ0n) is 15.3. The number of esters is 1. The number of para-hydroxylation sites is 1. The molecular weight excluding hydrogens is 338 g/mol. The second-order valence-corrected chi connectivity index (χ2v) is 7.14. The summed E-state index contributed by atoms with van der Waals surface area (Å²) in [6.07, 6.45) is 5.70. The van der Waals surface area contributed by atoms with E-state index in [1.54, 1.807) is 0 Å². The lowest BCUT2D eigenvalue weighted by Crippen LogP contribution is -2.59. The van der Waals surface area contributed by atoms with Crippen molar-refractivity contribution < 1.29 is 14.3 Å². The molecule has 0 unspecified atom stereocenters. The van der Waals surface area contributed by atoms with Gasteiger partial charge in [0.25, 0.3) is 0 Å². The quantitative estimate of drug-likeness (QED) is 0.467. The maximum atomic E-state index is 13.2. The Bertz CT molecular complexity index is 846. The van der Waals surface area contributed by atoms with E-state index < -0.39 is 0 Å². The first-order valence-corrected chi connectivity index (χ1v) is 9.40. The number of hydrogen-bond donors (Lipinski definition) is 0. The van der Waals surface area contributed by atoms with Crippen LogP contribution < -0.4 is 4.90 Å². The SMILES string of the molecule is COC(=O)[C@@H]1CCC=C[C@H]1[C@H]1C(=O)N(c2ccccc2)[C@@H]1c1ccccc1. The lowest BCUT2D eigenvalue weighted by Gasteiger charge is -2.51. The zero-order chi connectivity index (χ0) is 18.8. The minimum absolute atomic E-state index is 0.0699. The molecule has 0 aromatic heterocycles. The van der Waals surface area contributed by atoms with Gasteiger partial charge < -0.3 is 9.64 Å². The number of hydrogen-bond acceptors (Lipinski definition) is 3. The monoisotopic (exact) mass is 361 g/mol. The van der Waals surface area contributed by atoms with Gasteiger partial charge in [-0.05, 0) is 30.5 Å². The van der Waals surface area contributed by atoms with Crippen LogP contribution >= 0.6 is 0 Å². The van der Waals surface area contributed by atoms with Gasteiger partial charge in [0, 0.05) is 11.6 Å². The molecular formula is C23H23NO3. The number of β-lactam (4-membered cyclic amide) rings is 1. The third-order valence-corrected chi connectivity index (χ3v) is 5.70. The molecule has 0 bridgehead atoms. The number of carbonyl (C=O) groups excluding carboxylic acids is 2. The Hall–Kier alpha value is -2.88. The molecule has 1 aliphatic heterocycles. The van der Waals surface area contributed by atoms with Gasteiger partial charge in [-0.2, -0.15) is 0 Å². The number of ether oxygens (including phenoxy) is 1. The van der Waals surface area contributed by atoms with Crippen LogP contribution in [-0.4, -0.2) is 19.0 Å². The summed E-state index contributed by atoms with van der Waals surface area (Å²) in [7, 11) is 1.42. The van der Waals surface area contributed by atoms with Crippen LogP contribution in [0.1, 0.15) is 24.4 Å². The van der Waals surface area contributed by atoms with Gasteiger partial charge in [0.2, 0.25) is 5.91 Å². The lowest BCUT2D eigenvalue weighted by atomic mass is 9.67. The molecule has 4 nitrogen and oxygen atoms in total. The number of benzene rings is 2. The fraction of sp³-hybridized carbons (Fsp3) is 0.304. The van der Waals surface area contributed by atoms with Crippen molar-refractivity contribution in [2.45, 2.75) is 18.9 Å². The second-order valence-electron chi connectivity index (χ2n) is 7.14. The van der Waals surface area contributed by atoms with E-state index in [0.29, 0.717) is 0 Å². The minimum Gasteiger partial charge on any atom is -0.469 e. The molecule has 2 aliphatic rings. The largest absolute Gasteiger partial charge is 0.469 e. The highest BCUT2D eigenvalue weighted by molar-refractivity contribution is 6.04. The van der Waals surface area contributed by atoms with Crippen LogP contribution in [0.2, 0.25) is 0 Å². The predicted octanol–water partition coefficient (Wildman–Crippen LogP) is 4.15. The average Bonchev–Trinajstić information content (AvgIpc) is 2.73. The summed E-state index contributed by atoms with van der Waals surface area (Å²) < 4.78 is 5.03. The standard InChI is InChI=1S/C23H23NO3/c1-27-23(26)19-15-9-8-14-18(19)20-21(16-10-4-2-5-11-16)24(22(20)25)17-12-6-3-7-13-17/h2-8,10-14,18-21H,9,15H2,1H3/t18-,19-,20-,21-/m1/s1. The maximum absolute atomic E-state index is 13.2. The van der Waals surface area contributed by atoms with Gasteiger partial charge in [0.05, 0.1) is 25.0 Å². The lowest BCUT2D eigenvalue weighted by molar-refractivity contribution is -0.149. The molecule has 4 rings (SSSR count). The van der Waals surface area contributed by atoms with Crippen molar-refractivity contribution in [1.29, 1.82) is 0 Å². The van der Waals surface area contributed by atoms with E-state index >= 15 is 0 Å². The van der Waals surface area contributed by atoms with E-state index in [2.05, 4.69) is 18.2 Å². The van der Waals surface area contributed by atoms with E-state index in [1.165, 1.54) is 7.11 Å². The van der Waals surface area contributed by atoms with Crippen LogP contribution in [-0.2, 0) is 14.3 Å². The van der Waals surface area contributed by atoms with E-state index in [-0.39, 0.29) is 35.7 Å². The highest BCUT2D eigenvalue weighted by Crippen LogP contribution is 2.50. The van der Waals surface area contributed by atoms with Crippen molar-refractivity contribution >= 4 is 17.6 Å². The molecule has 0 saturated carbocycles. The third kappa shape index (κ3) is 3.05. The Morgan fingerprint density at radius 1 is 1.04 bits per heavy atom. The van der Waals surface area contributed by atoms with Gasteiger partial charge in [0.1, 0.15) is 0 Å². The number of rotatable bonds is 4. The number of anilines is 1. The van der Waals surface area contributed by atoms with E-state index in [4.69, 9.17) is 4.74 Å². The van der Waals surface area contributed by atoms with Gasteiger partial charge >= 0.3 is 5.97 Å². The molecule has 4 atom stereocenters. The molecule has 1 aliphatic carbocycles. The molecule has 1 amide bonds. The van der Waals surface area contributed by atoms with Crippen molar-refractivity contribution in [3.05, 3.63) is 78.4 Å². The summed E-state index contributed by atoms with van der Waals surface area (Å²) in [6.45, 7) is 0. The average molecular weight is 361 g/mol. The van der Waals surface area contributed by atoms with Crippen LogP contribution in [0.25, 0.3) is 0 Å². The predicted molar refractivity (Wildman–Crippen MR) is 104 cm³/mol. The van der Waals surface area contributed by atoms with Crippen LogP contribution in [0.3, 0.4) is 0 Å². The molecule has 1 saturated heterocycles. The molecule has 138 valence electrons. The molecule has 0 N–H and O–H groups in total. The Balaban J connectivity index is 1.73. The molecule has 1 fully saturated rings. The van der Waals surface area contributed by atoms with Gasteiger partial charge in [-0.15, -0.1) is 0 Å². The summed E-state index contributed by atoms with van der Waals surface area (Å²) in [4.78, 5) is 27.4. The van der Waals surface area contributed by atoms with Crippen molar-refractivity contribution in [2.24, 2.45) is 17.8 Å². The number of nitrogens with zero attached hydrogens (tertiary/aromatic N) is 1. The molecule has 0 spiro atoms. The van der Waals surface area contributed by atoms with Crippen molar-refractivity contribution in [1.82, 2.24) is 0 Å². The molecule has 0 radical (unpaired) electrons. The van der Waals surface area contributed by atoms with E-state index in [9.17, 15) is 9.59 Å². The first-order valence-electron chi connectivity index (χ1n) is 9.40. The molecule has 1 heterocycles. The van der Waals surface area contributed by atoms with Crippen LogP contribution in [0, 0.1) is 17.8 Å². The maximum Gasteiger partial charge on any atom is 0.309 e. The Labute approximate surface area is 159 Å². The molecule has 27 heavy (non-hydrogen) atoms. The third-order valence-electron chi connectivity index (χ3n) is 5.70. The minimum atomic E-state index is -0.266. The van der Waals surface area contributed by atoms with E-state index in [0.717, 1.165) is 24.1 Å². The fourth-order valence-electron chi connectivity index (χ4n) is 4.42. The first-order chi connectivity index (χ1) is 13.2. The first kappa shape index (κ1) is 17.5. The van der Waals surface area contributed by atoms with E-state index in [1.807, 2.05) is 59.5 Å². The highest BCUT2D eigenvalue weighted by Gasteiger charge is 2.54. The molecule has 2 aromatic rings. The summed E-state index contributed by atoms with van der Waals surface area (Å²) in [5.41, 5.74) is 1.98. The summed E-state index contributed by atoms with van der Waals surface area (Å²) in [5, 5.41) is 0. The summed E-state index contributed by atoms with van der Waals surface area (Å²) in [5.74, 6) is -0.808. The topological polar surface area (TPSA) is 46.6 Å².